The zero-order valence-electron chi connectivity index (χ0n) is 14.9. The van der Waals surface area contributed by atoms with Crippen LogP contribution >= 0.6 is 7.82 Å². The minimum absolute atomic E-state index is 0.235. The highest BCUT2D eigenvalue weighted by atomic mass is 31.2. The zero-order valence-corrected chi connectivity index (χ0v) is 15.8. The monoisotopic (exact) mass is 376 g/mol. The van der Waals surface area contributed by atoms with Crippen molar-refractivity contribution in [1.82, 2.24) is 0 Å². The number of carbonyl (C=O) groups is 1. The minimum atomic E-state index is -4.46. The second-order valence-electron chi connectivity index (χ2n) is 5.68. The lowest BCUT2D eigenvalue weighted by atomic mass is 10.1. The van der Waals surface area contributed by atoms with Gasteiger partial charge in [-0.3, -0.25) is 0 Å². The highest BCUT2D eigenvalue weighted by molar-refractivity contribution is 7.46. The van der Waals surface area contributed by atoms with Crippen molar-refractivity contribution in [3.05, 3.63) is 35.4 Å². The summed E-state index contributed by atoms with van der Waals surface area (Å²) in [7, 11) is -4.46. The average Bonchev–Trinajstić information content (AvgIpc) is 2.53. The van der Waals surface area contributed by atoms with E-state index in [1.807, 2.05) is 6.92 Å². The van der Waals surface area contributed by atoms with E-state index < -0.39 is 13.8 Å². The second kappa shape index (κ2) is 14.0. The largest absolute Gasteiger partial charge is 0.496 e. The van der Waals surface area contributed by atoms with Gasteiger partial charge in [0.25, 0.3) is 0 Å². The molecule has 0 heterocycles. The summed E-state index contributed by atoms with van der Waals surface area (Å²) in [6, 6.07) is 6.75. The number of carboxylic acid groups (broad SMARTS) is 1. The van der Waals surface area contributed by atoms with Crippen molar-refractivity contribution in [3.63, 3.8) is 0 Å². The van der Waals surface area contributed by atoms with Crippen LogP contribution in [-0.4, -0.2) is 27.5 Å². The molecule has 0 aliphatic heterocycles. The van der Waals surface area contributed by atoms with Gasteiger partial charge >= 0.3 is 13.8 Å². The van der Waals surface area contributed by atoms with Gasteiger partial charge in [0.1, 0.15) is 0 Å². The Hall–Kier alpha value is -1.24. The van der Waals surface area contributed by atoms with Crippen molar-refractivity contribution in [2.45, 2.75) is 58.8 Å². The minimum Gasteiger partial charge on any atom is -0.478 e. The number of hydrogen-bond acceptors (Lipinski definition) is 4. The van der Waals surface area contributed by atoms with E-state index in [1.54, 1.807) is 24.3 Å². The summed E-state index contributed by atoms with van der Waals surface area (Å²) in [6.07, 6.45) is 7.90. The molecule has 1 aromatic carbocycles. The Morgan fingerprint density at radius 2 is 1.52 bits per heavy atom. The van der Waals surface area contributed by atoms with E-state index in [2.05, 4.69) is 16.5 Å². The number of phosphoric acid groups is 1. The summed E-state index contributed by atoms with van der Waals surface area (Å²) in [5, 5.41) is 8.48. The molecule has 1 rings (SSSR count). The number of carboxylic acids is 1. The van der Waals surface area contributed by atoms with Crippen molar-refractivity contribution in [2.24, 2.45) is 0 Å². The smallest absolute Gasteiger partial charge is 0.478 e. The van der Waals surface area contributed by atoms with Crippen molar-refractivity contribution in [1.29, 1.82) is 0 Å². The fraction of sp³-hybridized carbons (Fsp3) is 0.588. The molecular formula is C17H29O7P. The lowest BCUT2D eigenvalue weighted by molar-refractivity contribution is -0.222. The standard InChI is InChI=1S/C9H21O5P.C8H8O2/c1-2-3-4-5-6-7-8-9-13-14-15(10,11)12;1-6-2-4-7(5-3-6)8(9)10/h2-9H2,1H3,(H2,10,11,12);2-5H,1H3,(H,9,10). The number of benzene rings is 1. The van der Waals surface area contributed by atoms with E-state index in [9.17, 15) is 9.36 Å². The number of aryl methyl sites for hydroxylation is 1. The predicted molar refractivity (Wildman–Crippen MR) is 95.2 cm³/mol. The predicted octanol–water partition coefficient (Wildman–Crippen LogP) is 4.47. The van der Waals surface area contributed by atoms with Crippen LogP contribution in [0.5, 0.6) is 0 Å². The molecule has 3 N–H and O–H groups in total. The van der Waals surface area contributed by atoms with Crippen LogP contribution < -0.4 is 0 Å². The van der Waals surface area contributed by atoms with Crippen LogP contribution in [0.25, 0.3) is 0 Å². The molecule has 0 aliphatic rings. The molecule has 0 aromatic heterocycles. The van der Waals surface area contributed by atoms with Crippen LogP contribution in [0, 0.1) is 6.92 Å². The lowest BCUT2D eigenvalue weighted by Gasteiger charge is -2.04. The number of rotatable bonds is 11. The Kier molecular flexibility index (Phi) is 13.3. The Morgan fingerprint density at radius 3 is 2.00 bits per heavy atom. The van der Waals surface area contributed by atoms with Gasteiger partial charge in [-0.2, -0.15) is 0 Å². The van der Waals surface area contributed by atoms with Gasteiger partial charge in [-0.15, -0.1) is 4.67 Å². The highest BCUT2D eigenvalue weighted by Crippen LogP contribution is 2.35. The first-order chi connectivity index (χ1) is 11.8. The first-order valence-electron chi connectivity index (χ1n) is 8.43. The van der Waals surface area contributed by atoms with Gasteiger partial charge < -0.3 is 14.9 Å². The summed E-state index contributed by atoms with van der Waals surface area (Å²) >= 11 is 0. The van der Waals surface area contributed by atoms with Crippen molar-refractivity contribution in [3.8, 4) is 0 Å². The van der Waals surface area contributed by atoms with Gasteiger partial charge in [-0.25, -0.2) is 14.2 Å². The van der Waals surface area contributed by atoms with Gasteiger partial charge in [0, 0.05) is 0 Å². The molecular weight excluding hydrogens is 347 g/mol. The van der Waals surface area contributed by atoms with Crippen molar-refractivity contribution in [2.75, 3.05) is 6.61 Å². The number of unbranched alkanes of at least 4 members (excludes halogenated alkanes) is 6. The van der Waals surface area contributed by atoms with Crippen molar-refractivity contribution < 1.29 is 33.8 Å². The number of aromatic carboxylic acids is 1. The Bertz CT molecular complexity index is 510. The van der Waals surface area contributed by atoms with Crippen LogP contribution in [0.3, 0.4) is 0 Å². The molecule has 0 amide bonds. The molecule has 0 fully saturated rings. The van der Waals surface area contributed by atoms with Crippen LogP contribution in [0.4, 0.5) is 0 Å². The molecule has 0 atom stereocenters. The molecule has 1 aromatic rings. The van der Waals surface area contributed by atoms with Crippen LogP contribution in [-0.2, 0) is 14.1 Å². The molecule has 0 radical (unpaired) electrons. The van der Waals surface area contributed by atoms with Crippen molar-refractivity contribution >= 4 is 13.8 Å². The fourth-order valence-electron chi connectivity index (χ4n) is 1.92. The molecule has 0 bridgehead atoms. The third-order valence-electron chi connectivity index (χ3n) is 3.28. The maximum absolute atomic E-state index is 10.3. The number of hydrogen-bond donors (Lipinski definition) is 3. The molecule has 0 unspecified atom stereocenters. The van der Waals surface area contributed by atoms with E-state index in [0.29, 0.717) is 5.56 Å². The quantitative estimate of drug-likeness (QED) is 0.226. The summed E-state index contributed by atoms with van der Waals surface area (Å²) in [5.74, 6) is -0.875. The first kappa shape index (κ1) is 23.8. The molecule has 8 heteroatoms. The van der Waals surface area contributed by atoms with E-state index in [0.717, 1.165) is 24.8 Å². The average molecular weight is 376 g/mol. The second-order valence-corrected chi connectivity index (χ2v) is 6.81. The molecule has 0 aliphatic carbocycles. The molecule has 7 nitrogen and oxygen atoms in total. The Balaban J connectivity index is 0.000000496. The van der Waals surface area contributed by atoms with E-state index in [4.69, 9.17) is 14.9 Å². The topological polar surface area (TPSA) is 113 Å². The lowest BCUT2D eigenvalue weighted by Crippen LogP contribution is -1.95. The highest BCUT2D eigenvalue weighted by Gasteiger charge is 2.14. The van der Waals surface area contributed by atoms with E-state index >= 15 is 0 Å². The molecule has 0 saturated heterocycles. The third kappa shape index (κ3) is 16.0. The van der Waals surface area contributed by atoms with Crippen LogP contribution in [0.1, 0.15) is 67.8 Å². The summed E-state index contributed by atoms with van der Waals surface area (Å²) in [6.45, 7) is 4.33. The van der Waals surface area contributed by atoms with Crippen LogP contribution in [0.15, 0.2) is 24.3 Å². The molecule has 25 heavy (non-hydrogen) atoms. The van der Waals surface area contributed by atoms with E-state index in [1.165, 1.54) is 25.7 Å². The molecule has 0 saturated carbocycles. The summed E-state index contributed by atoms with van der Waals surface area (Å²) in [4.78, 5) is 31.2. The maximum Gasteiger partial charge on any atom is 0.496 e. The van der Waals surface area contributed by atoms with Gasteiger partial charge in [0.2, 0.25) is 0 Å². The van der Waals surface area contributed by atoms with E-state index in [-0.39, 0.29) is 6.61 Å². The molecule has 144 valence electrons. The summed E-state index contributed by atoms with van der Waals surface area (Å²) in [5.41, 5.74) is 1.41. The van der Waals surface area contributed by atoms with Gasteiger partial charge in [0.05, 0.1) is 12.2 Å². The Labute approximate surface area is 149 Å². The normalized spacial score (nSPS) is 10.9. The van der Waals surface area contributed by atoms with Gasteiger partial charge in [-0.05, 0) is 25.5 Å². The first-order valence-corrected chi connectivity index (χ1v) is 9.96. The third-order valence-corrected chi connectivity index (χ3v) is 3.58. The van der Waals surface area contributed by atoms with Gasteiger partial charge in [0.15, 0.2) is 0 Å². The maximum atomic E-state index is 10.3. The Morgan fingerprint density at radius 1 is 1.00 bits per heavy atom. The SMILES string of the molecule is CCCCCCCCCOOP(=O)(O)O.Cc1ccc(C(=O)O)cc1. The summed E-state index contributed by atoms with van der Waals surface area (Å²) < 4.78 is 14.0. The molecule has 0 spiro atoms. The van der Waals surface area contributed by atoms with Gasteiger partial charge in [-0.1, -0.05) is 63.1 Å². The van der Waals surface area contributed by atoms with Crippen LogP contribution in [0.2, 0.25) is 0 Å². The fourth-order valence-corrected chi connectivity index (χ4v) is 2.13. The zero-order chi connectivity index (χ0) is 19.1.